The largest absolute Gasteiger partial charge is 0.367 e. The number of nitrogens with zero attached hydrogens (tertiary/aromatic N) is 2. The predicted octanol–water partition coefficient (Wildman–Crippen LogP) is 3.18. The molecule has 1 aliphatic rings. The number of ether oxygens (including phenoxy) is 1. The SMILES string of the molecule is CCOC1(c2noc(C(CC)NC)n2)CCCC(C)C1. The molecule has 1 fully saturated rings. The Morgan fingerprint density at radius 2 is 2.30 bits per heavy atom. The number of hydrogen-bond acceptors (Lipinski definition) is 5. The molecule has 5 heteroatoms. The molecular formula is C15H27N3O2. The molecule has 3 unspecified atom stereocenters. The Morgan fingerprint density at radius 3 is 2.90 bits per heavy atom. The molecule has 0 amide bonds. The fraction of sp³-hybridized carbons (Fsp3) is 0.867. The summed E-state index contributed by atoms with van der Waals surface area (Å²) in [5, 5.41) is 7.43. The summed E-state index contributed by atoms with van der Waals surface area (Å²) >= 11 is 0. The van der Waals surface area contributed by atoms with Gasteiger partial charge < -0.3 is 14.6 Å². The van der Waals surface area contributed by atoms with E-state index in [-0.39, 0.29) is 11.6 Å². The quantitative estimate of drug-likeness (QED) is 0.867. The van der Waals surface area contributed by atoms with E-state index < -0.39 is 0 Å². The maximum Gasteiger partial charge on any atom is 0.243 e. The highest BCUT2D eigenvalue weighted by atomic mass is 16.5. The van der Waals surface area contributed by atoms with E-state index >= 15 is 0 Å². The topological polar surface area (TPSA) is 60.2 Å². The Balaban J connectivity index is 2.25. The number of nitrogens with one attached hydrogen (secondary N) is 1. The van der Waals surface area contributed by atoms with Crippen molar-refractivity contribution in [1.29, 1.82) is 0 Å². The zero-order chi connectivity index (χ0) is 14.6. The second-order valence-corrected chi connectivity index (χ2v) is 5.83. The Kier molecular flexibility index (Phi) is 5.16. The molecule has 0 spiro atoms. The minimum Gasteiger partial charge on any atom is -0.367 e. The third-order valence-corrected chi connectivity index (χ3v) is 4.28. The van der Waals surface area contributed by atoms with Crippen molar-refractivity contribution in [3.8, 4) is 0 Å². The molecule has 2 rings (SSSR count). The molecule has 0 aliphatic heterocycles. The van der Waals surface area contributed by atoms with E-state index in [1.807, 2.05) is 14.0 Å². The predicted molar refractivity (Wildman–Crippen MR) is 77.3 cm³/mol. The summed E-state index contributed by atoms with van der Waals surface area (Å²) in [6, 6.07) is 0.121. The number of aromatic nitrogens is 2. The van der Waals surface area contributed by atoms with Gasteiger partial charge in [0.05, 0.1) is 6.04 Å². The third kappa shape index (κ3) is 3.04. The van der Waals surface area contributed by atoms with E-state index in [0.29, 0.717) is 18.4 Å². The first-order valence-corrected chi connectivity index (χ1v) is 7.80. The Bertz CT molecular complexity index is 413. The molecule has 1 heterocycles. The van der Waals surface area contributed by atoms with Gasteiger partial charge in [-0.25, -0.2) is 0 Å². The highest BCUT2D eigenvalue weighted by molar-refractivity contribution is 5.05. The van der Waals surface area contributed by atoms with Crippen LogP contribution in [0, 0.1) is 5.92 Å². The van der Waals surface area contributed by atoms with Crippen LogP contribution in [0.25, 0.3) is 0 Å². The van der Waals surface area contributed by atoms with Crippen LogP contribution >= 0.6 is 0 Å². The first-order valence-electron chi connectivity index (χ1n) is 7.80. The standard InChI is InChI=1S/C15H27N3O2/c1-5-12(16-4)13-17-14(18-20-13)15(19-6-2)9-7-8-11(3)10-15/h11-12,16H,5-10H2,1-4H3. The molecule has 1 aliphatic carbocycles. The van der Waals surface area contributed by atoms with Crippen LogP contribution in [0.4, 0.5) is 0 Å². The Morgan fingerprint density at radius 1 is 1.50 bits per heavy atom. The molecule has 0 bridgehead atoms. The van der Waals surface area contributed by atoms with Gasteiger partial charge in [0, 0.05) is 6.61 Å². The highest BCUT2D eigenvalue weighted by Crippen LogP contribution is 2.41. The van der Waals surface area contributed by atoms with E-state index in [0.717, 1.165) is 31.5 Å². The summed E-state index contributed by atoms with van der Waals surface area (Å²) in [5.74, 6) is 2.04. The van der Waals surface area contributed by atoms with Gasteiger partial charge in [-0.15, -0.1) is 0 Å². The van der Waals surface area contributed by atoms with Crippen molar-refractivity contribution < 1.29 is 9.26 Å². The zero-order valence-electron chi connectivity index (χ0n) is 13.1. The molecule has 0 saturated heterocycles. The lowest BCUT2D eigenvalue weighted by atomic mass is 9.78. The average molecular weight is 281 g/mol. The van der Waals surface area contributed by atoms with Gasteiger partial charge in [-0.3, -0.25) is 0 Å². The summed E-state index contributed by atoms with van der Waals surface area (Å²) < 4.78 is 11.5. The van der Waals surface area contributed by atoms with E-state index in [2.05, 4.69) is 29.3 Å². The first kappa shape index (κ1) is 15.4. The van der Waals surface area contributed by atoms with Crippen molar-refractivity contribution in [2.24, 2.45) is 5.92 Å². The second-order valence-electron chi connectivity index (χ2n) is 5.83. The Labute approximate surface area is 121 Å². The summed E-state index contributed by atoms with van der Waals surface area (Å²) in [4.78, 5) is 4.64. The lowest BCUT2D eigenvalue weighted by Crippen LogP contribution is -2.36. The normalized spacial score (nSPS) is 28.5. The first-order chi connectivity index (χ1) is 9.65. The Hall–Kier alpha value is -0.940. The molecule has 1 N–H and O–H groups in total. The minimum atomic E-state index is -0.347. The van der Waals surface area contributed by atoms with Crippen molar-refractivity contribution >= 4 is 0 Å². The van der Waals surface area contributed by atoms with Crippen molar-refractivity contribution in [1.82, 2.24) is 15.5 Å². The van der Waals surface area contributed by atoms with Crippen LogP contribution < -0.4 is 5.32 Å². The maximum absolute atomic E-state index is 6.08. The lowest BCUT2D eigenvalue weighted by molar-refractivity contribution is -0.0891. The molecular weight excluding hydrogens is 254 g/mol. The molecule has 0 aromatic carbocycles. The van der Waals surface area contributed by atoms with Crippen LogP contribution in [-0.4, -0.2) is 23.8 Å². The van der Waals surface area contributed by atoms with Crippen LogP contribution in [-0.2, 0) is 10.3 Å². The molecule has 3 atom stereocenters. The van der Waals surface area contributed by atoms with Gasteiger partial charge in [-0.2, -0.15) is 4.98 Å². The van der Waals surface area contributed by atoms with Gasteiger partial charge in [0.1, 0.15) is 5.60 Å². The van der Waals surface area contributed by atoms with Crippen LogP contribution in [0.15, 0.2) is 4.52 Å². The molecule has 20 heavy (non-hydrogen) atoms. The third-order valence-electron chi connectivity index (χ3n) is 4.28. The summed E-state index contributed by atoms with van der Waals surface area (Å²) in [7, 11) is 1.92. The van der Waals surface area contributed by atoms with Crippen molar-refractivity contribution in [3.63, 3.8) is 0 Å². The monoisotopic (exact) mass is 281 g/mol. The number of hydrogen-bond donors (Lipinski definition) is 1. The van der Waals surface area contributed by atoms with Crippen molar-refractivity contribution in [2.45, 2.75) is 64.5 Å². The summed E-state index contributed by atoms with van der Waals surface area (Å²) in [5.41, 5.74) is -0.347. The van der Waals surface area contributed by atoms with E-state index in [1.165, 1.54) is 6.42 Å². The van der Waals surface area contributed by atoms with Crippen LogP contribution in [0.3, 0.4) is 0 Å². The van der Waals surface area contributed by atoms with Crippen LogP contribution in [0.2, 0.25) is 0 Å². The van der Waals surface area contributed by atoms with Gasteiger partial charge >= 0.3 is 0 Å². The van der Waals surface area contributed by atoms with Crippen LogP contribution in [0.1, 0.15) is 70.6 Å². The molecule has 5 nitrogen and oxygen atoms in total. The van der Waals surface area contributed by atoms with Crippen LogP contribution in [0.5, 0.6) is 0 Å². The smallest absolute Gasteiger partial charge is 0.243 e. The second kappa shape index (κ2) is 6.68. The van der Waals surface area contributed by atoms with Crippen molar-refractivity contribution in [2.75, 3.05) is 13.7 Å². The summed E-state index contributed by atoms with van der Waals surface area (Å²) in [6.45, 7) is 7.09. The molecule has 1 saturated carbocycles. The summed E-state index contributed by atoms with van der Waals surface area (Å²) in [6.07, 6.45) is 5.31. The van der Waals surface area contributed by atoms with Gasteiger partial charge in [0.15, 0.2) is 0 Å². The average Bonchev–Trinajstić information content (AvgIpc) is 2.91. The van der Waals surface area contributed by atoms with Gasteiger partial charge in [0.2, 0.25) is 11.7 Å². The van der Waals surface area contributed by atoms with Gasteiger partial charge in [-0.05, 0) is 45.6 Å². The lowest BCUT2D eigenvalue weighted by Gasteiger charge is -2.37. The maximum atomic E-state index is 6.08. The van der Waals surface area contributed by atoms with Gasteiger partial charge in [-0.1, -0.05) is 25.4 Å². The van der Waals surface area contributed by atoms with E-state index in [9.17, 15) is 0 Å². The molecule has 0 radical (unpaired) electrons. The van der Waals surface area contributed by atoms with Crippen molar-refractivity contribution in [3.05, 3.63) is 11.7 Å². The van der Waals surface area contributed by atoms with E-state index in [1.54, 1.807) is 0 Å². The fourth-order valence-corrected chi connectivity index (χ4v) is 3.24. The highest BCUT2D eigenvalue weighted by Gasteiger charge is 2.41. The molecule has 1 aromatic rings. The molecule has 1 aromatic heterocycles. The fourth-order valence-electron chi connectivity index (χ4n) is 3.24. The number of rotatable bonds is 6. The molecule has 114 valence electrons. The van der Waals surface area contributed by atoms with Gasteiger partial charge in [0.25, 0.3) is 0 Å². The van der Waals surface area contributed by atoms with E-state index in [4.69, 9.17) is 9.26 Å². The minimum absolute atomic E-state index is 0.121. The zero-order valence-corrected chi connectivity index (χ0v) is 13.1.